The molecule has 1 saturated carbocycles. The van der Waals surface area contributed by atoms with Crippen molar-refractivity contribution in [3.05, 3.63) is 24.3 Å². The van der Waals surface area contributed by atoms with Gasteiger partial charge in [-0.05, 0) is 38.4 Å². The summed E-state index contributed by atoms with van der Waals surface area (Å²) in [5, 5.41) is 3.28. The molecule has 1 aromatic carbocycles. The summed E-state index contributed by atoms with van der Waals surface area (Å²) in [6.45, 7) is 0. The Morgan fingerprint density at radius 2 is 2.00 bits per heavy atom. The summed E-state index contributed by atoms with van der Waals surface area (Å²) in [6.07, 6.45) is 2.85. The molecule has 5 nitrogen and oxygen atoms in total. The van der Waals surface area contributed by atoms with E-state index >= 15 is 0 Å². The van der Waals surface area contributed by atoms with E-state index in [1.165, 1.54) is 7.05 Å². The fraction of sp³-hybridized carbons (Fsp3) is 0.500. The zero-order chi connectivity index (χ0) is 13.2. The Kier molecular flexibility index (Phi) is 3.89. The maximum Gasteiger partial charge on any atom is 0.242 e. The molecule has 0 bridgehead atoms. The molecule has 2 atom stereocenters. The number of sulfonamides is 1. The van der Waals surface area contributed by atoms with Crippen LogP contribution in [0.2, 0.25) is 0 Å². The van der Waals surface area contributed by atoms with E-state index in [2.05, 4.69) is 10.0 Å². The van der Waals surface area contributed by atoms with Gasteiger partial charge in [0.15, 0.2) is 0 Å². The number of hydrogen-bond donors (Lipinski definition) is 3. The number of hydrogen-bond acceptors (Lipinski definition) is 4. The van der Waals surface area contributed by atoms with Gasteiger partial charge in [-0.3, -0.25) is 0 Å². The van der Waals surface area contributed by atoms with Crippen molar-refractivity contribution in [2.45, 2.75) is 36.2 Å². The molecule has 2 unspecified atom stereocenters. The minimum atomic E-state index is -3.43. The van der Waals surface area contributed by atoms with E-state index < -0.39 is 10.0 Å². The molecule has 100 valence electrons. The predicted octanol–water partition coefficient (Wildman–Crippen LogP) is 0.886. The molecule has 18 heavy (non-hydrogen) atoms. The Hall–Kier alpha value is -1.11. The third-order valence-electron chi connectivity index (χ3n) is 3.28. The maximum atomic E-state index is 11.9. The highest BCUT2D eigenvalue weighted by atomic mass is 32.2. The van der Waals surface area contributed by atoms with Crippen molar-refractivity contribution in [1.29, 1.82) is 0 Å². The molecule has 1 aliphatic carbocycles. The molecule has 0 heterocycles. The highest BCUT2D eigenvalue weighted by molar-refractivity contribution is 7.89. The van der Waals surface area contributed by atoms with Gasteiger partial charge in [0.05, 0.1) is 5.69 Å². The van der Waals surface area contributed by atoms with Gasteiger partial charge in [-0.2, -0.15) is 0 Å². The molecule has 0 aromatic heterocycles. The quantitative estimate of drug-likeness (QED) is 0.758. The Labute approximate surface area is 108 Å². The van der Waals surface area contributed by atoms with Gasteiger partial charge in [-0.25, -0.2) is 13.1 Å². The van der Waals surface area contributed by atoms with E-state index in [1.807, 2.05) is 6.07 Å². The van der Waals surface area contributed by atoms with Crippen molar-refractivity contribution < 1.29 is 8.42 Å². The molecule has 0 amide bonds. The van der Waals surface area contributed by atoms with Crippen LogP contribution in [0.1, 0.15) is 19.3 Å². The van der Waals surface area contributed by atoms with Gasteiger partial charge in [0, 0.05) is 12.1 Å². The summed E-state index contributed by atoms with van der Waals surface area (Å²) in [5.74, 6) is 0. The number of benzene rings is 1. The smallest absolute Gasteiger partial charge is 0.242 e. The van der Waals surface area contributed by atoms with E-state index in [9.17, 15) is 8.42 Å². The molecule has 2 rings (SSSR count). The van der Waals surface area contributed by atoms with Crippen molar-refractivity contribution >= 4 is 15.7 Å². The molecule has 0 aliphatic heterocycles. The first-order valence-corrected chi connectivity index (χ1v) is 7.56. The van der Waals surface area contributed by atoms with Crippen LogP contribution in [-0.2, 0) is 10.0 Å². The fourth-order valence-electron chi connectivity index (χ4n) is 2.30. The van der Waals surface area contributed by atoms with Crippen molar-refractivity contribution in [2.75, 3.05) is 12.4 Å². The van der Waals surface area contributed by atoms with Crippen LogP contribution in [0.4, 0.5) is 5.69 Å². The van der Waals surface area contributed by atoms with Gasteiger partial charge in [0.25, 0.3) is 0 Å². The van der Waals surface area contributed by atoms with E-state index in [0.29, 0.717) is 5.69 Å². The SMILES string of the molecule is CNS(=O)(=O)c1ccccc1NC1CCC(N)C1. The molecule has 0 saturated heterocycles. The molecule has 6 heteroatoms. The molecular formula is C12H19N3O2S. The standard InChI is InChI=1S/C12H19N3O2S/c1-14-18(16,17)12-5-3-2-4-11(12)15-10-7-6-9(13)8-10/h2-5,9-10,14-15H,6-8,13H2,1H3. The zero-order valence-electron chi connectivity index (χ0n) is 10.4. The number of para-hydroxylation sites is 1. The third kappa shape index (κ3) is 2.82. The predicted molar refractivity (Wildman–Crippen MR) is 71.9 cm³/mol. The van der Waals surface area contributed by atoms with Crippen molar-refractivity contribution in [1.82, 2.24) is 4.72 Å². The topological polar surface area (TPSA) is 84.2 Å². The maximum absolute atomic E-state index is 11.9. The monoisotopic (exact) mass is 269 g/mol. The molecule has 1 fully saturated rings. The molecule has 4 N–H and O–H groups in total. The van der Waals surface area contributed by atoms with Gasteiger partial charge < -0.3 is 11.1 Å². The minimum Gasteiger partial charge on any atom is -0.381 e. The lowest BCUT2D eigenvalue weighted by molar-refractivity contribution is 0.588. The van der Waals surface area contributed by atoms with Crippen LogP contribution in [-0.4, -0.2) is 27.5 Å². The Morgan fingerprint density at radius 1 is 1.28 bits per heavy atom. The molecule has 1 aliphatic rings. The summed E-state index contributed by atoms with van der Waals surface area (Å²) in [5.41, 5.74) is 6.50. The van der Waals surface area contributed by atoms with Crippen LogP contribution in [0.25, 0.3) is 0 Å². The lowest BCUT2D eigenvalue weighted by Crippen LogP contribution is -2.24. The third-order valence-corrected chi connectivity index (χ3v) is 4.75. The summed E-state index contributed by atoms with van der Waals surface area (Å²) < 4.78 is 26.1. The largest absolute Gasteiger partial charge is 0.381 e. The Balaban J connectivity index is 2.23. The summed E-state index contributed by atoms with van der Waals surface area (Å²) >= 11 is 0. The number of anilines is 1. The first-order chi connectivity index (χ1) is 8.53. The first-order valence-electron chi connectivity index (χ1n) is 6.07. The van der Waals surface area contributed by atoms with Gasteiger partial charge in [-0.1, -0.05) is 12.1 Å². The van der Waals surface area contributed by atoms with Crippen molar-refractivity contribution in [3.63, 3.8) is 0 Å². The normalized spacial score (nSPS) is 24.1. The summed E-state index contributed by atoms with van der Waals surface area (Å²) in [6, 6.07) is 7.41. The minimum absolute atomic E-state index is 0.218. The fourth-order valence-corrected chi connectivity index (χ4v) is 3.19. The van der Waals surface area contributed by atoms with Crippen LogP contribution in [0, 0.1) is 0 Å². The van der Waals surface area contributed by atoms with Crippen LogP contribution >= 0.6 is 0 Å². The zero-order valence-corrected chi connectivity index (χ0v) is 11.2. The van der Waals surface area contributed by atoms with Crippen LogP contribution in [0.15, 0.2) is 29.2 Å². The summed E-state index contributed by atoms with van der Waals surface area (Å²) in [4.78, 5) is 0.285. The van der Waals surface area contributed by atoms with Crippen LogP contribution < -0.4 is 15.8 Å². The lowest BCUT2D eigenvalue weighted by Gasteiger charge is -2.17. The van der Waals surface area contributed by atoms with E-state index in [1.54, 1.807) is 18.2 Å². The molecular weight excluding hydrogens is 250 g/mol. The van der Waals surface area contributed by atoms with Crippen molar-refractivity contribution in [2.24, 2.45) is 5.73 Å². The van der Waals surface area contributed by atoms with Crippen LogP contribution in [0.5, 0.6) is 0 Å². The lowest BCUT2D eigenvalue weighted by atomic mass is 10.2. The van der Waals surface area contributed by atoms with Gasteiger partial charge >= 0.3 is 0 Å². The first kappa shape index (κ1) is 13.3. The van der Waals surface area contributed by atoms with Crippen LogP contribution in [0.3, 0.4) is 0 Å². The number of nitrogens with two attached hydrogens (primary N) is 1. The summed E-state index contributed by atoms with van der Waals surface area (Å²) in [7, 11) is -2.01. The number of nitrogens with one attached hydrogen (secondary N) is 2. The highest BCUT2D eigenvalue weighted by Gasteiger charge is 2.24. The average molecular weight is 269 g/mol. The van der Waals surface area contributed by atoms with E-state index in [0.717, 1.165) is 19.3 Å². The molecule has 1 aromatic rings. The second-order valence-corrected chi connectivity index (χ2v) is 6.47. The molecule has 0 spiro atoms. The highest BCUT2D eigenvalue weighted by Crippen LogP contribution is 2.26. The molecule has 0 radical (unpaired) electrons. The second kappa shape index (κ2) is 5.26. The van der Waals surface area contributed by atoms with E-state index in [4.69, 9.17) is 5.73 Å². The Bertz CT molecular complexity index is 516. The Morgan fingerprint density at radius 3 is 2.61 bits per heavy atom. The average Bonchev–Trinajstić information content (AvgIpc) is 2.75. The van der Waals surface area contributed by atoms with Gasteiger partial charge in [-0.15, -0.1) is 0 Å². The van der Waals surface area contributed by atoms with E-state index in [-0.39, 0.29) is 17.0 Å². The van der Waals surface area contributed by atoms with Gasteiger partial charge in [0.1, 0.15) is 4.90 Å². The van der Waals surface area contributed by atoms with Gasteiger partial charge in [0.2, 0.25) is 10.0 Å². The number of rotatable bonds is 4. The second-order valence-electron chi connectivity index (χ2n) is 4.62. The van der Waals surface area contributed by atoms with Crippen molar-refractivity contribution in [3.8, 4) is 0 Å².